The van der Waals surface area contributed by atoms with Gasteiger partial charge in [0.25, 0.3) is 5.91 Å². The zero-order chi connectivity index (χ0) is 23.5. The summed E-state index contributed by atoms with van der Waals surface area (Å²) in [4.78, 5) is 24.1. The fraction of sp³-hybridized carbons (Fsp3) is 0.136. The molecule has 0 saturated heterocycles. The van der Waals surface area contributed by atoms with Crippen molar-refractivity contribution in [2.24, 2.45) is 5.10 Å². The van der Waals surface area contributed by atoms with Gasteiger partial charge in [0, 0.05) is 10.9 Å². The first kappa shape index (κ1) is 23.0. The van der Waals surface area contributed by atoms with E-state index in [2.05, 4.69) is 15.3 Å². The molecule has 0 saturated carbocycles. The van der Waals surface area contributed by atoms with E-state index >= 15 is 0 Å². The number of carbonyl (C=O) groups excluding carboxylic acids is 2. The van der Waals surface area contributed by atoms with Crippen LogP contribution in [0.1, 0.15) is 38.8 Å². The Morgan fingerprint density at radius 1 is 1.03 bits per heavy atom. The first-order valence-corrected chi connectivity index (χ1v) is 10.0. The number of carbonyl (C=O) groups is 2. The number of rotatable bonds is 5. The number of ether oxygens (including phenoxy) is 1. The van der Waals surface area contributed by atoms with Crippen LogP contribution in [0, 0.1) is 0 Å². The lowest BCUT2D eigenvalue weighted by Gasteiger charge is -2.07. The molecule has 0 aliphatic heterocycles. The molecule has 10 heteroatoms. The molecule has 3 aromatic rings. The summed E-state index contributed by atoms with van der Waals surface area (Å²) in [6, 6.07) is 10.2. The molecule has 2 aromatic carbocycles. The average molecular weight is 462 g/mol. The van der Waals surface area contributed by atoms with Gasteiger partial charge < -0.3 is 9.84 Å². The number of alkyl halides is 3. The van der Waals surface area contributed by atoms with E-state index in [0.29, 0.717) is 27.3 Å². The summed E-state index contributed by atoms with van der Waals surface area (Å²) in [5, 5.41) is 16.1. The maximum absolute atomic E-state index is 12.7. The van der Waals surface area contributed by atoms with Gasteiger partial charge >= 0.3 is 12.1 Å². The monoisotopic (exact) mass is 462 g/mol. The molecule has 0 atom stereocenters. The topological polar surface area (TPSA) is 88.0 Å². The van der Waals surface area contributed by atoms with Crippen LogP contribution in [0.3, 0.4) is 0 Å². The summed E-state index contributed by atoms with van der Waals surface area (Å²) in [7, 11) is 1.25. The Labute approximate surface area is 185 Å². The van der Waals surface area contributed by atoms with Gasteiger partial charge in [0.05, 0.1) is 34.4 Å². The number of methoxy groups -OCH3 is 1. The molecule has 0 aliphatic rings. The number of hydrazone groups is 1. The van der Waals surface area contributed by atoms with Crippen molar-refractivity contribution in [1.29, 1.82) is 0 Å². The van der Waals surface area contributed by atoms with Crippen molar-refractivity contribution in [2.45, 2.75) is 13.1 Å². The lowest BCUT2D eigenvalue weighted by atomic mass is 10.1. The number of nitrogens with one attached hydrogen (secondary N) is 1. The van der Waals surface area contributed by atoms with E-state index in [9.17, 15) is 27.9 Å². The number of esters is 1. The summed E-state index contributed by atoms with van der Waals surface area (Å²) in [5.74, 6) is -1.20. The number of thiophene rings is 1. The van der Waals surface area contributed by atoms with Crippen molar-refractivity contribution in [3.8, 4) is 16.2 Å². The number of benzene rings is 2. The van der Waals surface area contributed by atoms with Gasteiger partial charge in [-0.2, -0.15) is 18.3 Å². The SMILES string of the molecule is COC(=O)c1ccc(C(=O)N/N=C(\C)c2csc(-c3ccc(C(F)(F)F)cc3)c2O)cc1. The van der Waals surface area contributed by atoms with Crippen LogP contribution in [0.5, 0.6) is 5.75 Å². The van der Waals surface area contributed by atoms with Crippen LogP contribution in [-0.2, 0) is 10.9 Å². The lowest BCUT2D eigenvalue weighted by molar-refractivity contribution is -0.137. The van der Waals surface area contributed by atoms with E-state index in [1.807, 2.05) is 0 Å². The van der Waals surface area contributed by atoms with Crippen LogP contribution in [0.2, 0.25) is 0 Å². The molecule has 1 heterocycles. The average Bonchev–Trinajstić information content (AvgIpc) is 3.17. The van der Waals surface area contributed by atoms with Gasteiger partial charge in [-0.25, -0.2) is 10.2 Å². The molecule has 0 spiro atoms. The summed E-state index contributed by atoms with van der Waals surface area (Å²) < 4.78 is 42.8. The maximum Gasteiger partial charge on any atom is 0.416 e. The Kier molecular flexibility index (Phi) is 6.64. The molecular formula is C22H17F3N2O4S. The highest BCUT2D eigenvalue weighted by atomic mass is 32.1. The zero-order valence-corrected chi connectivity index (χ0v) is 17.7. The first-order valence-electron chi connectivity index (χ1n) is 9.13. The van der Waals surface area contributed by atoms with E-state index in [4.69, 9.17) is 0 Å². The zero-order valence-electron chi connectivity index (χ0n) is 16.9. The Bertz CT molecular complexity index is 1170. The third kappa shape index (κ3) is 4.97. The standard InChI is InChI=1S/C22H17F3N2O4S/c1-12(26-27-20(29)14-3-5-15(6-4-14)21(30)31-2)17-11-32-19(18(17)28)13-7-9-16(10-8-13)22(23,24)25/h3-11,28H,1-2H3,(H,27,29)/b26-12+. The summed E-state index contributed by atoms with van der Waals surface area (Å²) in [6.45, 7) is 1.57. The highest BCUT2D eigenvalue weighted by Crippen LogP contribution is 2.39. The van der Waals surface area contributed by atoms with E-state index in [1.165, 1.54) is 43.5 Å². The predicted octanol–water partition coefficient (Wildman–Crippen LogP) is 5.08. The molecule has 0 bridgehead atoms. The van der Waals surface area contributed by atoms with Crippen LogP contribution in [0.4, 0.5) is 13.2 Å². The van der Waals surface area contributed by atoms with Crippen molar-refractivity contribution in [3.63, 3.8) is 0 Å². The number of nitrogens with zero attached hydrogens (tertiary/aromatic N) is 1. The molecular weight excluding hydrogens is 445 g/mol. The van der Waals surface area contributed by atoms with E-state index in [-0.39, 0.29) is 11.3 Å². The second-order valence-corrected chi connectivity index (χ2v) is 7.49. The van der Waals surface area contributed by atoms with Gasteiger partial charge in [-0.15, -0.1) is 11.3 Å². The first-order chi connectivity index (χ1) is 15.1. The summed E-state index contributed by atoms with van der Waals surface area (Å²) in [6.07, 6.45) is -4.44. The molecule has 0 aliphatic carbocycles. The van der Waals surface area contributed by atoms with Crippen molar-refractivity contribution >= 4 is 28.9 Å². The van der Waals surface area contributed by atoms with Crippen LogP contribution >= 0.6 is 11.3 Å². The second kappa shape index (κ2) is 9.23. The lowest BCUT2D eigenvalue weighted by Crippen LogP contribution is -2.19. The number of halogens is 3. The second-order valence-electron chi connectivity index (χ2n) is 6.61. The van der Waals surface area contributed by atoms with Gasteiger partial charge in [0.15, 0.2) is 0 Å². The maximum atomic E-state index is 12.7. The van der Waals surface area contributed by atoms with Gasteiger partial charge in [-0.05, 0) is 48.9 Å². The predicted molar refractivity (Wildman–Crippen MR) is 114 cm³/mol. The van der Waals surface area contributed by atoms with E-state index in [1.54, 1.807) is 12.3 Å². The smallest absolute Gasteiger partial charge is 0.416 e. The molecule has 2 N–H and O–H groups in total. The molecule has 1 aromatic heterocycles. The summed E-state index contributed by atoms with van der Waals surface area (Å²) in [5.41, 5.74) is 3.20. The van der Waals surface area contributed by atoms with Crippen LogP contribution < -0.4 is 5.43 Å². The van der Waals surface area contributed by atoms with Crippen molar-refractivity contribution < 1.29 is 32.6 Å². The summed E-state index contributed by atoms with van der Waals surface area (Å²) >= 11 is 1.14. The number of aromatic hydroxyl groups is 1. The minimum Gasteiger partial charge on any atom is -0.506 e. The normalized spacial score (nSPS) is 11.8. The minimum absolute atomic E-state index is 0.146. The fourth-order valence-electron chi connectivity index (χ4n) is 2.76. The molecule has 3 rings (SSSR count). The Morgan fingerprint density at radius 3 is 2.19 bits per heavy atom. The number of amides is 1. The highest BCUT2D eigenvalue weighted by Gasteiger charge is 2.30. The van der Waals surface area contributed by atoms with E-state index in [0.717, 1.165) is 23.5 Å². The van der Waals surface area contributed by atoms with Gasteiger partial charge in [-0.1, -0.05) is 12.1 Å². The van der Waals surface area contributed by atoms with Crippen molar-refractivity contribution in [1.82, 2.24) is 5.43 Å². The van der Waals surface area contributed by atoms with E-state index < -0.39 is 23.6 Å². The third-order valence-corrected chi connectivity index (χ3v) is 5.54. The highest BCUT2D eigenvalue weighted by molar-refractivity contribution is 7.14. The van der Waals surface area contributed by atoms with Crippen LogP contribution in [-0.4, -0.2) is 29.8 Å². The van der Waals surface area contributed by atoms with Gasteiger partial charge in [0.2, 0.25) is 0 Å². The molecule has 6 nitrogen and oxygen atoms in total. The van der Waals surface area contributed by atoms with Crippen LogP contribution in [0.25, 0.3) is 10.4 Å². The van der Waals surface area contributed by atoms with Gasteiger partial charge in [0.1, 0.15) is 5.75 Å². The fourth-order valence-corrected chi connectivity index (χ4v) is 3.77. The third-order valence-electron chi connectivity index (χ3n) is 4.52. The van der Waals surface area contributed by atoms with Crippen LogP contribution in [0.15, 0.2) is 59.0 Å². The Morgan fingerprint density at radius 2 is 1.62 bits per heavy atom. The Hall–Kier alpha value is -3.66. The van der Waals surface area contributed by atoms with Crippen molar-refractivity contribution in [3.05, 3.63) is 76.2 Å². The quantitative estimate of drug-likeness (QED) is 0.315. The van der Waals surface area contributed by atoms with Crippen molar-refractivity contribution in [2.75, 3.05) is 7.11 Å². The molecule has 1 amide bonds. The number of hydrogen-bond acceptors (Lipinski definition) is 6. The molecule has 32 heavy (non-hydrogen) atoms. The minimum atomic E-state index is -4.44. The Balaban J connectivity index is 1.74. The largest absolute Gasteiger partial charge is 0.506 e. The number of hydrogen-bond donors (Lipinski definition) is 2. The molecule has 0 fully saturated rings. The molecule has 166 valence electrons. The molecule has 0 radical (unpaired) electrons. The van der Waals surface area contributed by atoms with Gasteiger partial charge in [-0.3, -0.25) is 4.79 Å². The molecule has 0 unspecified atom stereocenters.